The van der Waals surface area contributed by atoms with E-state index in [4.69, 9.17) is 4.74 Å². The summed E-state index contributed by atoms with van der Waals surface area (Å²) in [7, 11) is 0. The molecule has 1 aromatic carbocycles. The van der Waals surface area contributed by atoms with E-state index in [1.54, 1.807) is 0 Å². The first kappa shape index (κ1) is 9.94. The van der Waals surface area contributed by atoms with E-state index in [0.717, 1.165) is 25.1 Å². The van der Waals surface area contributed by atoms with E-state index in [9.17, 15) is 4.39 Å². The summed E-state index contributed by atoms with van der Waals surface area (Å²) < 4.78 is 19.1. The molecule has 1 atom stereocenters. The van der Waals surface area contributed by atoms with Crippen LogP contribution in [0, 0.1) is 5.82 Å². The normalized spacial score (nSPS) is 23.4. The topological polar surface area (TPSA) is 12.5 Å². The molecule has 0 radical (unpaired) electrons. The van der Waals surface area contributed by atoms with Gasteiger partial charge in [0.05, 0.1) is 0 Å². The van der Waals surface area contributed by atoms with Gasteiger partial charge in [-0.25, -0.2) is 4.39 Å². The average Bonchev–Trinajstić information content (AvgIpc) is 2.87. The molecular formula is C13H16FNO. The van der Waals surface area contributed by atoms with Gasteiger partial charge in [0.2, 0.25) is 0 Å². The van der Waals surface area contributed by atoms with Crippen LogP contribution in [-0.4, -0.2) is 19.2 Å². The number of benzene rings is 1. The van der Waals surface area contributed by atoms with Crippen molar-refractivity contribution in [3.05, 3.63) is 23.5 Å². The molecule has 0 spiro atoms. The lowest BCUT2D eigenvalue weighted by molar-refractivity contribution is 0.245. The van der Waals surface area contributed by atoms with Crippen molar-refractivity contribution in [1.29, 1.82) is 0 Å². The minimum Gasteiger partial charge on any atom is -0.487 e. The van der Waals surface area contributed by atoms with Crippen molar-refractivity contribution in [1.82, 2.24) is 0 Å². The Labute approximate surface area is 95.0 Å². The molecular weight excluding hydrogens is 205 g/mol. The molecule has 2 nitrogen and oxygen atoms in total. The number of hydrogen-bond acceptors (Lipinski definition) is 2. The summed E-state index contributed by atoms with van der Waals surface area (Å²) >= 11 is 0. The largest absolute Gasteiger partial charge is 0.487 e. The van der Waals surface area contributed by atoms with Crippen molar-refractivity contribution in [2.45, 2.75) is 32.3 Å². The fourth-order valence-corrected chi connectivity index (χ4v) is 2.70. The number of fused-ring (bicyclic) bond motifs is 1. The zero-order chi connectivity index (χ0) is 11.1. The molecule has 0 bridgehead atoms. The summed E-state index contributed by atoms with van der Waals surface area (Å²) in [5, 5.41) is 0. The molecule has 3 heteroatoms. The summed E-state index contributed by atoms with van der Waals surface area (Å²) in [6, 6.07) is 3.44. The van der Waals surface area contributed by atoms with E-state index in [2.05, 4.69) is 4.90 Å². The van der Waals surface area contributed by atoms with Crippen molar-refractivity contribution in [2.75, 3.05) is 18.0 Å². The van der Waals surface area contributed by atoms with Crippen molar-refractivity contribution >= 4 is 5.69 Å². The maximum absolute atomic E-state index is 13.6. The number of hydrogen-bond donors (Lipinski definition) is 0. The highest BCUT2D eigenvalue weighted by Gasteiger charge is 2.28. The van der Waals surface area contributed by atoms with Gasteiger partial charge in [0.15, 0.2) is 11.6 Å². The lowest BCUT2D eigenvalue weighted by atomic mass is 10.1. The monoisotopic (exact) mass is 221 g/mol. The molecule has 2 aliphatic heterocycles. The van der Waals surface area contributed by atoms with Gasteiger partial charge in [0.1, 0.15) is 6.10 Å². The maximum atomic E-state index is 13.6. The van der Waals surface area contributed by atoms with Crippen molar-refractivity contribution in [3.8, 4) is 5.75 Å². The molecule has 0 N–H and O–H groups in total. The summed E-state index contributed by atoms with van der Waals surface area (Å²) in [5.41, 5.74) is 2.24. The number of rotatable bonds is 1. The molecule has 2 aliphatic rings. The molecule has 3 rings (SSSR count). The van der Waals surface area contributed by atoms with E-state index in [1.165, 1.54) is 24.6 Å². The van der Waals surface area contributed by atoms with Crippen molar-refractivity contribution in [3.63, 3.8) is 0 Å². The smallest absolute Gasteiger partial charge is 0.165 e. The van der Waals surface area contributed by atoms with Crippen LogP contribution in [0.3, 0.4) is 0 Å². The van der Waals surface area contributed by atoms with Crippen LogP contribution >= 0.6 is 0 Å². The van der Waals surface area contributed by atoms with Gasteiger partial charge in [-0.15, -0.1) is 0 Å². The van der Waals surface area contributed by atoms with Gasteiger partial charge in [-0.2, -0.15) is 0 Å². The molecule has 1 fully saturated rings. The fourth-order valence-electron chi connectivity index (χ4n) is 2.70. The molecule has 0 saturated carbocycles. The van der Waals surface area contributed by atoms with Gasteiger partial charge < -0.3 is 9.64 Å². The molecule has 86 valence electrons. The quantitative estimate of drug-likeness (QED) is 0.723. The zero-order valence-corrected chi connectivity index (χ0v) is 9.50. The lowest BCUT2D eigenvalue weighted by Crippen LogP contribution is -2.19. The molecule has 0 amide bonds. The molecule has 2 heterocycles. The van der Waals surface area contributed by atoms with Gasteiger partial charge in [0, 0.05) is 30.8 Å². The van der Waals surface area contributed by atoms with Crippen LogP contribution < -0.4 is 9.64 Å². The van der Waals surface area contributed by atoms with Gasteiger partial charge in [-0.05, 0) is 31.9 Å². The third-order valence-corrected chi connectivity index (χ3v) is 3.45. The SMILES string of the molecule is CC1Cc2c(N3CCCC3)ccc(F)c2O1. The van der Waals surface area contributed by atoms with E-state index in [1.807, 2.05) is 13.0 Å². The summed E-state index contributed by atoms with van der Waals surface area (Å²) in [5.74, 6) is 0.263. The molecule has 1 unspecified atom stereocenters. The predicted octanol–water partition coefficient (Wildman–Crippen LogP) is 2.75. The van der Waals surface area contributed by atoms with Crippen LogP contribution in [0.25, 0.3) is 0 Å². The van der Waals surface area contributed by atoms with Gasteiger partial charge >= 0.3 is 0 Å². The Balaban J connectivity index is 2.03. The molecule has 0 aliphatic carbocycles. The van der Waals surface area contributed by atoms with Crippen molar-refractivity contribution < 1.29 is 9.13 Å². The zero-order valence-electron chi connectivity index (χ0n) is 9.50. The van der Waals surface area contributed by atoms with E-state index in [0.29, 0.717) is 5.75 Å². The van der Waals surface area contributed by atoms with E-state index >= 15 is 0 Å². The highest BCUT2D eigenvalue weighted by molar-refractivity contribution is 5.62. The molecule has 1 saturated heterocycles. The van der Waals surface area contributed by atoms with Gasteiger partial charge in [0.25, 0.3) is 0 Å². The highest BCUT2D eigenvalue weighted by Crippen LogP contribution is 2.39. The first-order chi connectivity index (χ1) is 7.75. The second kappa shape index (κ2) is 3.65. The second-order valence-electron chi connectivity index (χ2n) is 4.70. The number of ether oxygens (including phenoxy) is 1. The van der Waals surface area contributed by atoms with E-state index in [-0.39, 0.29) is 11.9 Å². The molecule has 0 aromatic heterocycles. The van der Waals surface area contributed by atoms with Crippen LogP contribution in [-0.2, 0) is 6.42 Å². The standard InChI is InChI=1S/C13H16FNO/c1-9-8-10-12(15-6-2-3-7-15)5-4-11(14)13(10)16-9/h4-5,9H,2-3,6-8H2,1H3. The van der Waals surface area contributed by atoms with Crippen LogP contribution in [0.4, 0.5) is 10.1 Å². The Morgan fingerprint density at radius 1 is 1.31 bits per heavy atom. The Morgan fingerprint density at radius 3 is 2.81 bits per heavy atom. The van der Waals surface area contributed by atoms with Crippen LogP contribution in [0.5, 0.6) is 5.75 Å². The first-order valence-corrected chi connectivity index (χ1v) is 5.98. The first-order valence-electron chi connectivity index (χ1n) is 5.98. The molecule has 1 aromatic rings. The van der Waals surface area contributed by atoms with E-state index < -0.39 is 0 Å². The number of anilines is 1. The van der Waals surface area contributed by atoms with Crippen molar-refractivity contribution in [2.24, 2.45) is 0 Å². The average molecular weight is 221 g/mol. The Bertz CT molecular complexity index is 413. The number of nitrogens with zero attached hydrogens (tertiary/aromatic N) is 1. The van der Waals surface area contributed by atoms with Gasteiger partial charge in [-0.1, -0.05) is 0 Å². The fraction of sp³-hybridized carbons (Fsp3) is 0.538. The lowest BCUT2D eigenvalue weighted by Gasteiger charge is -2.20. The molecule has 16 heavy (non-hydrogen) atoms. The Kier molecular flexibility index (Phi) is 2.27. The Morgan fingerprint density at radius 2 is 2.06 bits per heavy atom. The predicted molar refractivity (Wildman–Crippen MR) is 61.6 cm³/mol. The number of halogens is 1. The van der Waals surface area contributed by atoms with Crippen LogP contribution in [0.15, 0.2) is 12.1 Å². The minimum absolute atomic E-state index is 0.105. The third kappa shape index (κ3) is 1.46. The third-order valence-electron chi connectivity index (χ3n) is 3.45. The second-order valence-corrected chi connectivity index (χ2v) is 4.70. The minimum atomic E-state index is -0.220. The van der Waals surface area contributed by atoms with Crippen LogP contribution in [0.1, 0.15) is 25.3 Å². The highest BCUT2D eigenvalue weighted by atomic mass is 19.1. The summed E-state index contributed by atoms with van der Waals surface area (Å²) in [6.07, 6.45) is 3.41. The summed E-state index contributed by atoms with van der Waals surface area (Å²) in [4.78, 5) is 2.35. The van der Waals surface area contributed by atoms with Gasteiger partial charge in [-0.3, -0.25) is 0 Å². The van der Waals surface area contributed by atoms with Crippen LogP contribution in [0.2, 0.25) is 0 Å². The Hall–Kier alpha value is -1.25. The maximum Gasteiger partial charge on any atom is 0.165 e. The summed E-state index contributed by atoms with van der Waals surface area (Å²) in [6.45, 7) is 4.17.